The first-order chi connectivity index (χ1) is 11.0. The van der Waals surface area contributed by atoms with Crippen molar-refractivity contribution < 1.29 is 14.3 Å². The van der Waals surface area contributed by atoms with Gasteiger partial charge in [-0.3, -0.25) is 9.59 Å². The molecule has 0 aliphatic carbocycles. The number of nitrogens with zero attached hydrogens (tertiary/aromatic N) is 1. The van der Waals surface area contributed by atoms with Crippen LogP contribution in [0.3, 0.4) is 0 Å². The molecule has 124 valence electrons. The maximum atomic E-state index is 12.5. The predicted molar refractivity (Wildman–Crippen MR) is 88.6 cm³/mol. The van der Waals surface area contributed by atoms with Gasteiger partial charge >= 0.3 is 0 Å². The summed E-state index contributed by atoms with van der Waals surface area (Å²) in [5.41, 5.74) is 2.70. The van der Waals surface area contributed by atoms with Crippen molar-refractivity contribution in [3.05, 3.63) is 29.3 Å². The summed E-state index contributed by atoms with van der Waals surface area (Å²) in [5.74, 6) is 0.421. The number of carbonyl (C=O) groups is 2. The number of hydrogen-bond acceptors (Lipinski definition) is 3. The van der Waals surface area contributed by atoms with Crippen molar-refractivity contribution in [1.29, 1.82) is 0 Å². The van der Waals surface area contributed by atoms with Crippen LogP contribution in [0, 0.1) is 5.92 Å². The van der Waals surface area contributed by atoms with Crippen LogP contribution in [0.1, 0.15) is 42.6 Å². The van der Waals surface area contributed by atoms with Gasteiger partial charge in [0.1, 0.15) is 0 Å². The molecule has 1 fully saturated rings. The fraction of sp³-hybridized carbons (Fsp3) is 0.556. The molecule has 2 aliphatic heterocycles. The zero-order valence-electron chi connectivity index (χ0n) is 13.8. The van der Waals surface area contributed by atoms with E-state index in [-0.39, 0.29) is 17.9 Å². The van der Waals surface area contributed by atoms with E-state index >= 15 is 0 Å². The molecule has 0 unspecified atom stereocenters. The van der Waals surface area contributed by atoms with Crippen LogP contribution < -0.4 is 10.2 Å². The fourth-order valence-corrected chi connectivity index (χ4v) is 3.41. The summed E-state index contributed by atoms with van der Waals surface area (Å²) in [5, 5.41) is 3.09. The first kappa shape index (κ1) is 16.0. The van der Waals surface area contributed by atoms with Crippen molar-refractivity contribution in [2.24, 2.45) is 5.92 Å². The van der Waals surface area contributed by atoms with Crippen LogP contribution >= 0.6 is 0 Å². The van der Waals surface area contributed by atoms with E-state index in [9.17, 15) is 9.59 Å². The molecule has 2 amide bonds. The largest absolute Gasteiger partial charge is 0.381 e. The summed E-state index contributed by atoms with van der Waals surface area (Å²) in [6, 6.07) is 5.86. The number of anilines is 1. The summed E-state index contributed by atoms with van der Waals surface area (Å²) < 4.78 is 5.32. The predicted octanol–water partition coefficient (Wildman–Crippen LogP) is 2.14. The lowest BCUT2D eigenvalue weighted by atomic mass is 9.92. The molecule has 1 atom stereocenters. The minimum absolute atomic E-state index is 0.0349. The van der Waals surface area contributed by atoms with Gasteiger partial charge in [0, 0.05) is 44.0 Å². The maximum absolute atomic E-state index is 12.5. The van der Waals surface area contributed by atoms with Gasteiger partial charge in [0.2, 0.25) is 5.91 Å². The minimum Gasteiger partial charge on any atom is -0.381 e. The monoisotopic (exact) mass is 316 g/mol. The van der Waals surface area contributed by atoms with E-state index in [2.05, 4.69) is 12.2 Å². The molecule has 23 heavy (non-hydrogen) atoms. The van der Waals surface area contributed by atoms with Gasteiger partial charge in [0.15, 0.2) is 0 Å². The third-order valence-electron chi connectivity index (χ3n) is 4.63. The Balaban J connectivity index is 1.78. The van der Waals surface area contributed by atoms with E-state index in [1.807, 2.05) is 23.1 Å². The Bertz CT molecular complexity index is 608. The first-order valence-electron chi connectivity index (χ1n) is 8.34. The van der Waals surface area contributed by atoms with Gasteiger partial charge in [-0.2, -0.15) is 0 Å². The van der Waals surface area contributed by atoms with Gasteiger partial charge in [-0.25, -0.2) is 0 Å². The van der Waals surface area contributed by atoms with Crippen LogP contribution in [0.5, 0.6) is 0 Å². The van der Waals surface area contributed by atoms with Crippen LogP contribution in [-0.2, 0) is 16.0 Å². The number of carbonyl (C=O) groups excluding carboxylic acids is 2. The highest BCUT2D eigenvalue weighted by Crippen LogP contribution is 2.30. The smallest absolute Gasteiger partial charge is 0.251 e. The first-order valence-corrected chi connectivity index (χ1v) is 8.34. The third kappa shape index (κ3) is 3.55. The average molecular weight is 316 g/mol. The lowest BCUT2D eigenvalue weighted by Gasteiger charge is -2.32. The molecule has 0 saturated carbocycles. The number of benzene rings is 1. The topological polar surface area (TPSA) is 58.6 Å². The Morgan fingerprint density at radius 2 is 2.00 bits per heavy atom. The van der Waals surface area contributed by atoms with Crippen molar-refractivity contribution in [3.8, 4) is 0 Å². The molecular formula is C18H24N2O3. The molecule has 5 nitrogen and oxygen atoms in total. The van der Waals surface area contributed by atoms with Gasteiger partial charge in [0.05, 0.1) is 0 Å². The normalized spacial score (nSPS) is 21.7. The standard InChI is InChI=1S/C18H24N2O3/c1-12-9-15-10-14(3-4-17(15)20(11-12)13(2)21)18(22)19-16-5-7-23-8-6-16/h3-4,10,12,16H,5-9,11H2,1-2H3,(H,19,22)/t12-/m1/s1. The second kappa shape index (κ2) is 6.71. The summed E-state index contributed by atoms with van der Waals surface area (Å²) in [6.45, 7) is 5.89. The van der Waals surface area contributed by atoms with Gasteiger partial charge in [-0.15, -0.1) is 0 Å². The van der Waals surface area contributed by atoms with E-state index in [4.69, 9.17) is 4.74 Å². The molecule has 2 aliphatic rings. The molecule has 5 heteroatoms. The molecule has 1 saturated heterocycles. The van der Waals surface area contributed by atoms with Crippen LogP contribution in [-0.4, -0.2) is 37.6 Å². The van der Waals surface area contributed by atoms with Gasteiger partial charge in [-0.05, 0) is 48.9 Å². The number of hydrogen-bond donors (Lipinski definition) is 1. The molecule has 0 radical (unpaired) electrons. The Labute approximate surface area is 137 Å². The van der Waals surface area contributed by atoms with Crippen molar-refractivity contribution in [3.63, 3.8) is 0 Å². The van der Waals surface area contributed by atoms with Gasteiger partial charge in [-0.1, -0.05) is 6.92 Å². The SMILES string of the molecule is CC(=O)N1C[C@H](C)Cc2cc(C(=O)NC3CCOCC3)ccc21. The molecule has 0 bridgehead atoms. The zero-order valence-corrected chi connectivity index (χ0v) is 13.8. The van der Waals surface area contributed by atoms with E-state index in [0.717, 1.165) is 37.1 Å². The van der Waals surface area contributed by atoms with E-state index in [1.165, 1.54) is 0 Å². The Kier molecular flexibility index (Phi) is 4.66. The van der Waals surface area contributed by atoms with E-state index < -0.39 is 0 Å². The van der Waals surface area contributed by atoms with Crippen LogP contribution in [0.15, 0.2) is 18.2 Å². The van der Waals surface area contributed by atoms with E-state index in [1.54, 1.807) is 6.92 Å². The van der Waals surface area contributed by atoms with Crippen LogP contribution in [0.2, 0.25) is 0 Å². The van der Waals surface area contributed by atoms with Gasteiger partial charge < -0.3 is 15.0 Å². The van der Waals surface area contributed by atoms with Gasteiger partial charge in [0.25, 0.3) is 5.91 Å². The number of ether oxygens (including phenoxy) is 1. The number of amides is 2. The molecule has 0 aromatic heterocycles. The summed E-state index contributed by atoms with van der Waals surface area (Å²) >= 11 is 0. The second-order valence-electron chi connectivity index (χ2n) is 6.64. The van der Waals surface area contributed by atoms with Crippen molar-refractivity contribution in [2.45, 2.75) is 39.2 Å². The minimum atomic E-state index is -0.0349. The third-order valence-corrected chi connectivity index (χ3v) is 4.63. The summed E-state index contributed by atoms with van der Waals surface area (Å²) in [4.78, 5) is 26.1. The zero-order chi connectivity index (χ0) is 16.4. The van der Waals surface area contributed by atoms with Crippen molar-refractivity contribution in [2.75, 3.05) is 24.7 Å². The second-order valence-corrected chi connectivity index (χ2v) is 6.64. The lowest BCUT2D eigenvalue weighted by Crippen LogP contribution is -2.39. The van der Waals surface area contributed by atoms with E-state index in [0.29, 0.717) is 24.7 Å². The Morgan fingerprint density at radius 3 is 2.70 bits per heavy atom. The quantitative estimate of drug-likeness (QED) is 0.909. The maximum Gasteiger partial charge on any atom is 0.251 e. The molecule has 1 aromatic rings. The number of nitrogens with one attached hydrogen (secondary N) is 1. The molecule has 1 aromatic carbocycles. The molecular weight excluding hydrogens is 292 g/mol. The van der Waals surface area contributed by atoms with Crippen LogP contribution in [0.25, 0.3) is 0 Å². The number of rotatable bonds is 2. The average Bonchev–Trinajstić information content (AvgIpc) is 2.54. The van der Waals surface area contributed by atoms with Crippen molar-refractivity contribution in [1.82, 2.24) is 5.32 Å². The highest BCUT2D eigenvalue weighted by Gasteiger charge is 2.25. The highest BCUT2D eigenvalue weighted by molar-refractivity contribution is 5.97. The fourth-order valence-electron chi connectivity index (χ4n) is 3.41. The molecule has 3 rings (SSSR count). The number of fused-ring (bicyclic) bond motifs is 1. The molecule has 1 N–H and O–H groups in total. The molecule has 2 heterocycles. The summed E-state index contributed by atoms with van der Waals surface area (Å²) in [7, 11) is 0. The molecule has 0 spiro atoms. The lowest BCUT2D eigenvalue weighted by molar-refractivity contribution is -0.116. The van der Waals surface area contributed by atoms with Crippen LogP contribution in [0.4, 0.5) is 5.69 Å². The Hall–Kier alpha value is -1.88. The summed E-state index contributed by atoms with van der Waals surface area (Å²) in [6.07, 6.45) is 2.63. The highest BCUT2D eigenvalue weighted by atomic mass is 16.5. The Morgan fingerprint density at radius 1 is 1.26 bits per heavy atom. The van der Waals surface area contributed by atoms with Crippen molar-refractivity contribution >= 4 is 17.5 Å².